The van der Waals surface area contributed by atoms with Crippen molar-refractivity contribution in [2.45, 2.75) is 70.1 Å². The quantitative estimate of drug-likeness (QED) is 0.896. The van der Waals surface area contributed by atoms with Crippen molar-refractivity contribution in [3.63, 3.8) is 0 Å². The van der Waals surface area contributed by atoms with Crippen LogP contribution in [0.4, 0.5) is 4.79 Å². The van der Waals surface area contributed by atoms with Crippen LogP contribution in [0.15, 0.2) is 24.3 Å². The normalized spacial score (nSPS) is 26.3. The minimum absolute atomic E-state index is 0.0456. The molecular weight excluding hydrogens is 286 g/mol. The zero-order chi connectivity index (χ0) is 16.4. The van der Waals surface area contributed by atoms with E-state index in [2.05, 4.69) is 48.7 Å². The molecule has 3 rings (SSSR count). The number of hydrogen-bond acceptors (Lipinski definition) is 2. The predicted octanol–water partition coefficient (Wildman–Crippen LogP) is 3.23. The van der Waals surface area contributed by atoms with Gasteiger partial charge in [-0.05, 0) is 42.7 Å². The number of fused-ring (bicyclic) bond motifs is 2. The van der Waals surface area contributed by atoms with Gasteiger partial charge in [0, 0.05) is 31.7 Å². The van der Waals surface area contributed by atoms with E-state index in [0.717, 1.165) is 18.4 Å². The van der Waals surface area contributed by atoms with Gasteiger partial charge in [-0.25, -0.2) is 4.79 Å². The minimum atomic E-state index is 0.0456. The Balaban J connectivity index is 1.50. The standard InChI is InChI=1S/C19H29N3O/c1-13(2)15-6-4-14(5-7-15)12-20-19(23)22(3)18-10-16-8-9-17(11-18)21-16/h4-7,13,16-18,21H,8-12H2,1-3H3,(H,20,23). The summed E-state index contributed by atoms with van der Waals surface area (Å²) >= 11 is 0. The van der Waals surface area contributed by atoms with Gasteiger partial charge in [0.05, 0.1) is 0 Å². The Labute approximate surface area is 139 Å². The topological polar surface area (TPSA) is 44.4 Å². The van der Waals surface area contributed by atoms with Gasteiger partial charge in [-0.1, -0.05) is 38.1 Å². The molecule has 0 radical (unpaired) electrons. The van der Waals surface area contributed by atoms with E-state index >= 15 is 0 Å². The third kappa shape index (κ3) is 3.86. The van der Waals surface area contributed by atoms with Crippen LogP contribution in [-0.2, 0) is 6.54 Å². The van der Waals surface area contributed by atoms with E-state index in [4.69, 9.17) is 0 Å². The van der Waals surface area contributed by atoms with Crippen molar-refractivity contribution in [2.24, 2.45) is 0 Å². The summed E-state index contributed by atoms with van der Waals surface area (Å²) in [5, 5.41) is 6.69. The highest BCUT2D eigenvalue weighted by Crippen LogP contribution is 2.29. The lowest BCUT2D eigenvalue weighted by atomic mass is 9.99. The van der Waals surface area contributed by atoms with Crippen molar-refractivity contribution >= 4 is 6.03 Å². The second-order valence-electron chi connectivity index (χ2n) is 7.43. The van der Waals surface area contributed by atoms with E-state index < -0.39 is 0 Å². The first-order chi connectivity index (χ1) is 11.0. The van der Waals surface area contributed by atoms with Crippen LogP contribution >= 0.6 is 0 Å². The monoisotopic (exact) mass is 315 g/mol. The predicted molar refractivity (Wildman–Crippen MR) is 93.5 cm³/mol. The van der Waals surface area contributed by atoms with Crippen LogP contribution < -0.4 is 10.6 Å². The molecule has 4 heteroatoms. The Morgan fingerprint density at radius 2 is 1.83 bits per heavy atom. The number of rotatable bonds is 4. The van der Waals surface area contributed by atoms with Gasteiger partial charge in [-0.15, -0.1) is 0 Å². The lowest BCUT2D eigenvalue weighted by Crippen LogP contribution is -2.51. The van der Waals surface area contributed by atoms with Crippen molar-refractivity contribution < 1.29 is 4.79 Å². The maximum Gasteiger partial charge on any atom is 0.317 e. The molecule has 0 saturated carbocycles. The van der Waals surface area contributed by atoms with Crippen molar-refractivity contribution in [1.82, 2.24) is 15.5 Å². The summed E-state index contributed by atoms with van der Waals surface area (Å²) in [6.45, 7) is 4.98. The SMILES string of the molecule is CC(C)c1ccc(CNC(=O)N(C)C2CC3CCC(C2)N3)cc1. The van der Waals surface area contributed by atoms with Gasteiger partial charge in [0.1, 0.15) is 0 Å². The van der Waals surface area contributed by atoms with Crippen LogP contribution in [0.2, 0.25) is 0 Å². The third-order valence-electron chi connectivity index (χ3n) is 5.41. The summed E-state index contributed by atoms with van der Waals surface area (Å²) < 4.78 is 0. The molecule has 2 bridgehead atoms. The minimum Gasteiger partial charge on any atom is -0.334 e. The molecule has 0 spiro atoms. The average Bonchev–Trinajstić information content (AvgIpc) is 2.90. The zero-order valence-electron chi connectivity index (χ0n) is 14.5. The van der Waals surface area contributed by atoms with Gasteiger partial charge in [0.2, 0.25) is 0 Å². The van der Waals surface area contributed by atoms with Crippen molar-refractivity contribution in [3.8, 4) is 0 Å². The summed E-state index contributed by atoms with van der Waals surface area (Å²) in [6, 6.07) is 10.2. The number of urea groups is 1. The maximum atomic E-state index is 12.4. The Morgan fingerprint density at radius 3 is 2.39 bits per heavy atom. The molecule has 4 nitrogen and oxygen atoms in total. The van der Waals surface area contributed by atoms with Crippen LogP contribution in [0.25, 0.3) is 0 Å². The first-order valence-electron chi connectivity index (χ1n) is 8.88. The molecule has 1 aromatic carbocycles. The van der Waals surface area contributed by atoms with E-state index in [0.29, 0.717) is 30.6 Å². The number of hydrogen-bond donors (Lipinski definition) is 2. The molecule has 2 amide bonds. The number of amides is 2. The van der Waals surface area contributed by atoms with E-state index in [1.54, 1.807) is 0 Å². The molecule has 2 N–H and O–H groups in total. The van der Waals surface area contributed by atoms with Crippen molar-refractivity contribution in [1.29, 1.82) is 0 Å². The fraction of sp³-hybridized carbons (Fsp3) is 0.632. The van der Waals surface area contributed by atoms with Crippen LogP contribution in [0.5, 0.6) is 0 Å². The number of piperidine rings is 1. The van der Waals surface area contributed by atoms with Gasteiger partial charge < -0.3 is 15.5 Å². The van der Waals surface area contributed by atoms with E-state index in [-0.39, 0.29) is 6.03 Å². The highest BCUT2D eigenvalue weighted by Gasteiger charge is 2.36. The Morgan fingerprint density at radius 1 is 1.22 bits per heavy atom. The molecule has 2 atom stereocenters. The van der Waals surface area contributed by atoms with Gasteiger partial charge >= 0.3 is 6.03 Å². The smallest absolute Gasteiger partial charge is 0.317 e. The lowest BCUT2D eigenvalue weighted by Gasteiger charge is -2.35. The van der Waals surface area contributed by atoms with E-state index in [1.807, 2.05) is 11.9 Å². The first-order valence-corrected chi connectivity index (χ1v) is 8.88. The molecule has 2 fully saturated rings. The number of nitrogens with zero attached hydrogens (tertiary/aromatic N) is 1. The molecule has 2 aliphatic rings. The molecule has 0 aromatic heterocycles. The molecule has 2 aliphatic heterocycles. The maximum absolute atomic E-state index is 12.4. The van der Waals surface area contributed by atoms with Crippen LogP contribution in [0, 0.1) is 0 Å². The molecule has 23 heavy (non-hydrogen) atoms. The molecule has 2 heterocycles. The van der Waals surface area contributed by atoms with Crippen molar-refractivity contribution in [3.05, 3.63) is 35.4 Å². The second-order valence-corrected chi connectivity index (χ2v) is 7.43. The largest absolute Gasteiger partial charge is 0.334 e. The highest BCUT2D eigenvalue weighted by atomic mass is 16.2. The molecule has 2 unspecified atom stereocenters. The van der Waals surface area contributed by atoms with Gasteiger partial charge in [0.25, 0.3) is 0 Å². The second kappa shape index (κ2) is 6.91. The Bertz CT molecular complexity index is 528. The number of nitrogens with one attached hydrogen (secondary N) is 2. The lowest BCUT2D eigenvalue weighted by molar-refractivity contribution is 0.164. The van der Waals surface area contributed by atoms with Crippen molar-refractivity contribution in [2.75, 3.05) is 7.05 Å². The molecule has 126 valence electrons. The van der Waals surface area contributed by atoms with E-state index in [9.17, 15) is 4.79 Å². The summed E-state index contributed by atoms with van der Waals surface area (Å²) in [4.78, 5) is 14.3. The van der Waals surface area contributed by atoms with Crippen LogP contribution in [0.1, 0.15) is 56.6 Å². The number of benzene rings is 1. The molecular formula is C19H29N3O. The van der Waals surface area contributed by atoms with E-state index in [1.165, 1.54) is 18.4 Å². The van der Waals surface area contributed by atoms with Crippen LogP contribution in [0.3, 0.4) is 0 Å². The molecule has 0 aliphatic carbocycles. The fourth-order valence-electron chi connectivity index (χ4n) is 3.83. The summed E-state index contributed by atoms with van der Waals surface area (Å²) in [5.41, 5.74) is 2.49. The molecule has 1 aromatic rings. The summed E-state index contributed by atoms with van der Waals surface area (Å²) in [5.74, 6) is 0.542. The van der Waals surface area contributed by atoms with Gasteiger partial charge in [0.15, 0.2) is 0 Å². The van der Waals surface area contributed by atoms with Gasteiger partial charge in [-0.3, -0.25) is 0 Å². The number of carbonyl (C=O) groups is 1. The Hall–Kier alpha value is -1.55. The zero-order valence-corrected chi connectivity index (χ0v) is 14.5. The number of carbonyl (C=O) groups excluding carboxylic acids is 1. The molecule has 2 saturated heterocycles. The Kier molecular flexibility index (Phi) is 4.90. The first kappa shape index (κ1) is 16.3. The highest BCUT2D eigenvalue weighted by molar-refractivity contribution is 5.74. The fourth-order valence-corrected chi connectivity index (χ4v) is 3.83. The van der Waals surface area contributed by atoms with Gasteiger partial charge in [-0.2, -0.15) is 0 Å². The third-order valence-corrected chi connectivity index (χ3v) is 5.41. The summed E-state index contributed by atoms with van der Waals surface area (Å²) in [6.07, 6.45) is 4.70. The average molecular weight is 315 g/mol. The van der Waals surface area contributed by atoms with Crippen LogP contribution in [-0.4, -0.2) is 36.1 Å². The summed E-state index contributed by atoms with van der Waals surface area (Å²) in [7, 11) is 1.94.